The monoisotopic (exact) mass is 491 g/mol. The predicted octanol–water partition coefficient (Wildman–Crippen LogP) is 2.72. The number of carbonyl (C=O) groups is 2. The fourth-order valence-corrected chi connectivity index (χ4v) is 5.03. The Kier molecular flexibility index (Phi) is 8.25. The molecule has 33 heavy (non-hydrogen) atoms. The summed E-state index contributed by atoms with van der Waals surface area (Å²) in [6.07, 6.45) is 2.87. The van der Waals surface area contributed by atoms with Gasteiger partial charge < -0.3 is 14.9 Å². The van der Waals surface area contributed by atoms with Crippen molar-refractivity contribution in [1.82, 2.24) is 9.62 Å². The Hall–Kier alpha value is -2.72. The minimum atomic E-state index is -3.75. The molecule has 0 aliphatic carbocycles. The van der Waals surface area contributed by atoms with E-state index in [0.29, 0.717) is 23.6 Å². The lowest BCUT2D eigenvalue weighted by atomic mass is 9.99. The van der Waals surface area contributed by atoms with E-state index < -0.39 is 16.1 Å². The van der Waals surface area contributed by atoms with Gasteiger partial charge in [0.2, 0.25) is 15.9 Å². The van der Waals surface area contributed by atoms with Crippen molar-refractivity contribution in [1.29, 1.82) is 0 Å². The number of sulfonamides is 1. The zero-order chi connectivity index (χ0) is 24.0. The van der Waals surface area contributed by atoms with E-state index in [2.05, 4.69) is 28.8 Å². The molecule has 2 N–H and O–H groups in total. The number of benzene rings is 2. The summed E-state index contributed by atoms with van der Waals surface area (Å²) in [7, 11) is -1.65. The Morgan fingerprint density at radius 2 is 1.82 bits per heavy atom. The molecular formula is C23H26ClN3O5S. The molecule has 2 aromatic rings. The molecule has 0 bridgehead atoms. The molecule has 2 aromatic carbocycles. The third kappa shape index (κ3) is 6.64. The number of likely N-dealkylation sites (N-methyl/N-ethyl adjacent to an activating group) is 1. The molecule has 0 aromatic heterocycles. The van der Waals surface area contributed by atoms with Crippen molar-refractivity contribution < 1.29 is 23.1 Å². The maximum Gasteiger partial charge on any atom is 0.290 e. The lowest BCUT2D eigenvalue weighted by molar-refractivity contribution is -0.123. The second-order valence-electron chi connectivity index (χ2n) is 7.89. The summed E-state index contributed by atoms with van der Waals surface area (Å²) >= 11 is 5.84. The second kappa shape index (κ2) is 10.9. The van der Waals surface area contributed by atoms with Crippen LogP contribution in [0.2, 0.25) is 5.02 Å². The van der Waals surface area contributed by atoms with Crippen molar-refractivity contribution in [3.05, 3.63) is 69.6 Å². The van der Waals surface area contributed by atoms with Gasteiger partial charge in [0.15, 0.2) is 0 Å². The molecule has 0 unspecified atom stereocenters. The second-order valence-corrected chi connectivity index (χ2v) is 9.93. The molecule has 2 heterocycles. The number of nitrogens with one attached hydrogen (secondary N) is 1. The number of fused-ring (bicyclic) bond motifs is 1. The first-order chi connectivity index (χ1) is 15.7. The SMILES string of the molecule is CN1CCc2cc(N3CC[C@H](NS(=O)(=O)C=Cc4ccc(Cl)cc4)C3=O)ccc2C1.O=CO. The average molecular weight is 492 g/mol. The van der Waals surface area contributed by atoms with Gasteiger partial charge in [-0.1, -0.05) is 29.8 Å². The summed E-state index contributed by atoms with van der Waals surface area (Å²) in [6, 6.07) is 12.2. The summed E-state index contributed by atoms with van der Waals surface area (Å²) in [4.78, 5) is 25.2. The molecule has 8 nitrogen and oxygen atoms in total. The third-order valence-corrected chi connectivity index (χ3v) is 6.89. The van der Waals surface area contributed by atoms with Crippen LogP contribution in [0.15, 0.2) is 47.9 Å². The van der Waals surface area contributed by atoms with Gasteiger partial charge in [0, 0.05) is 35.8 Å². The molecule has 0 spiro atoms. The van der Waals surface area contributed by atoms with Gasteiger partial charge in [-0.3, -0.25) is 9.59 Å². The number of rotatable bonds is 5. The van der Waals surface area contributed by atoms with Gasteiger partial charge in [0.05, 0.1) is 0 Å². The molecular weight excluding hydrogens is 466 g/mol. The van der Waals surface area contributed by atoms with Crippen LogP contribution in [-0.4, -0.2) is 57.0 Å². The number of hydrogen-bond donors (Lipinski definition) is 2. The number of carbonyl (C=O) groups excluding carboxylic acids is 1. The highest BCUT2D eigenvalue weighted by Crippen LogP contribution is 2.27. The van der Waals surface area contributed by atoms with E-state index >= 15 is 0 Å². The van der Waals surface area contributed by atoms with Gasteiger partial charge in [-0.25, -0.2) is 8.42 Å². The van der Waals surface area contributed by atoms with Crippen molar-refractivity contribution in [3.63, 3.8) is 0 Å². The fourth-order valence-electron chi connectivity index (χ4n) is 3.87. The number of hydrogen-bond acceptors (Lipinski definition) is 5. The van der Waals surface area contributed by atoms with Crippen molar-refractivity contribution in [2.24, 2.45) is 0 Å². The van der Waals surface area contributed by atoms with Crippen LogP contribution in [0.3, 0.4) is 0 Å². The molecule has 0 radical (unpaired) electrons. The molecule has 176 valence electrons. The van der Waals surface area contributed by atoms with E-state index in [4.69, 9.17) is 21.5 Å². The van der Waals surface area contributed by atoms with E-state index in [-0.39, 0.29) is 12.4 Å². The lowest BCUT2D eigenvalue weighted by Crippen LogP contribution is -2.40. The Balaban J connectivity index is 0.000000968. The summed E-state index contributed by atoms with van der Waals surface area (Å²) in [5.74, 6) is -0.216. The quantitative estimate of drug-likeness (QED) is 0.623. The highest BCUT2D eigenvalue weighted by atomic mass is 35.5. The number of carboxylic acid groups (broad SMARTS) is 1. The van der Waals surface area contributed by atoms with Crippen molar-refractivity contribution >= 4 is 45.8 Å². The third-order valence-electron chi connectivity index (χ3n) is 5.53. The van der Waals surface area contributed by atoms with E-state index in [1.54, 1.807) is 29.2 Å². The van der Waals surface area contributed by atoms with Gasteiger partial charge in [0.25, 0.3) is 6.47 Å². The topological polar surface area (TPSA) is 107 Å². The van der Waals surface area contributed by atoms with Crippen LogP contribution in [0.4, 0.5) is 5.69 Å². The van der Waals surface area contributed by atoms with Gasteiger partial charge in [0.1, 0.15) is 6.04 Å². The molecule has 2 aliphatic heterocycles. The van der Waals surface area contributed by atoms with E-state index in [1.165, 1.54) is 17.2 Å². The molecule has 1 amide bonds. The molecule has 0 saturated carbocycles. The largest absolute Gasteiger partial charge is 0.483 e. The summed E-state index contributed by atoms with van der Waals surface area (Å²) < 4.78 is 27.4. The Bertz CT molecular complexity index is 1140. The van der Waals surface area contributed by atoms with Gasteiger partial charge >= 0.3 is 0 Å². The average Bonchev–Trinajstić information content (AvgIpc) is 3.13. The molecule has 10 heteroatoms. The first kappa shape index (κ1) is 24.9. The van der Waals surface area contributed by atoms with Crippen LogP contribution in [0.5, 0.6) is 0 Å². The van der Waals surface area contributed by atoms with Crippen molar-refractivity contribution in [2.75, 3.05) is 25.0 Å². The van der Waals surface area contributed by atoms with E-state index in [1.807, 2.05) is 6.07 Å². The maximum absolute atomic E-state index is 12.9. The Morgan fingerprint density at radius 3 is 2.52 bits per heavy atom. The van der Waals surface area contributed by atoms with E-state index in [9.17, 15) is 13.2 Å². The predicted molar refractivity (Wildman–Crippen MR) is 128 cm³/mol. The molecule has 1 atom stereocenters. The highest BCUT2D eigenvalue weighted by Gasteiger charge is 2.35. The maximum atomic E-state index is 12.9. The Labute approximate surface area is 198 Å². The summed E-state index contributed by atoms with van der Waals surface area (Å²) in [5.41, 5.74) is 4.09. The van der Waals surface area contributed by atoms with Crippen LogP contribution < -0.4 is 9.62 Å². The molecule has 4 rings (SSSR count). The minimum absolute atomic E-state index is 0.216. The Morgan fingerprint density at radius 1 is 1.12 bits per heavy atom. The first-order valence-electron chi connectivity index (χ1n) is 10.4. The lowest BCUT2D eigenvalue weighted by Gasteiger charge is -2.26. The standard InChI is InChI=1S/C22H24ClN3O3S.CH2O2/c1-25-11-8-17-14-20(7-4-18(17)15-25)26-12-9-21(22(26)27)24-30(28,29)13-10-16-2-5-19(23)6-3-16;2-1-3/h2-7,10,13-14,21,24H,8-9,11-12,15H2,1H3;1H,(H,2,3)/t21-;/m0./s1. The molecule has 2 aliphatic rings. The molecule has 1 fully saturated rings. The number of anilines is 1. The van der Waals surface area contributed by atoms with Gasteiger partial charge in [-0.2, -0.15) is 4.72 Å². The van der Waals surface area contributed by atoms with Crippen LogP contribution in [0.1, 0.15) is 23.1 Å². The van der Waals surface area contributed by atoms with Crippen LogP contribution in [0.25, 0.3) is 6.08 Å². The highest BCUT2D eigenvalue weighted by molar-refractivity contribution is 7.92. The van der Waals surface area contributed by atoms with Gasteiger partial charge in [-0.05, 0) is 66.9 Å². The normalized spacial score (nSPS) is 18.7. The van der Waals surface area contributed by atoms with Crippen molar-refractivity contribution in [3.8, 4) is 0 Å². The summed E-state index contributed by atoms with van der Waals surface area (Å²) in [6.45, 7) is 2.14. The van der Waals surface area contributed by atoms with Gasteiger partial charge in [-0.15, -0.1) is 0 Å². The zero-order valence-corrected chi connectivity index (χ0v) is 19.7. The van der Waals surface area contributed by atoms with Crippen molar-refractivity contribution in [2.45, 2.75) is 25.4 Å². The molecule has 1 saturated heterocycles. The zero-order valence-electron chi connectivity index (χ0n) is 18.1. The summed E-state index contributed by atoms with van der Waals surface area (Å²) in [5, 5.41) is 8.56. The fraction of sp³-hybridized carbons (Fsp3) is 0.304. The number of halogens is 1. The van der Waals surface area contributed by atoms with Crippen LogP contribution in [-0.2, 0) is 32.6 Å². The number of amides is 1. The van der Waals surface area contributed by atoms with Crippen LogP contribution in [0, 0.1) is 0 Å². The smallest absolute Gasteiger partial charge is 0.290 e. The first-order valence-corrected chi connectivity index (χ1v) is 12.3. The van der Waals surface area contributed by atoms with E-state index in [0.717, 1.165) is 30.6 Å². The van der Waals surface area contributed by atoms with Crippen LogP contribution >= 0.6 is 11.6 Å². The number of nitrogens with zero attached hydrogens (tertiary/aromatic N) is 2. The minimum Gasteiger partial charge on any atom is -0.483 e.